The van der Waals surface area contributed by atoms with Crippen molar-refractivity contribution in [3.8, 4) is 0 Å². The summed E-state index contributed by atoms with van der Waals surface area (Å²) in [6.45, 7) is 9.55. The first kappa shape index (κ1) is 13.4. The molecule has 3 heteroatoms. The van der Waals surface area contributed by atoms with Crippen LogP contribution in [0.4, 0.5) is 0 Å². The maximum absolute atomic E-state index is 6.25. The number of fused-ring (bicyclic) bond motifs is 1. The third-order valence-electron chi connectivity index (χ3n) is 3.15. The van der Waals surface area contributed by atoms with Gasteiger partial charge in [-0.25, -0.2) is 4.98 Å². The molecule has 0 radical (unpaired) electrons. The molecule has 0 saturated carbocycles. The molecular weight excluding hydrogens is 244 g/mol. The van der Waals surface area contributed by atoms with Crippen molar-refractivity contribution >= 4 is 22.6 Å². The van der Waals surface area contributed by atoms with E-state index >= 15 is 0 Å². The van der Waals surface area contributed by atoms with E-state index < -0.39 is 0 Å². The summed E-state index contributed by atoms with van der Waals surface area (Å²) in [5.41, 5.74) is 3.59. The molecule has 2 aromatic rings. The number of nitrogens with zero attached hydrogens (tertiary/aromatic N) is 2. The van der Waals surface area contributed by atoms with Gasteiger partial charge in [0.05, 0.1) is 16.4 Å². The van der Waals surface area contributed by atoms with Crippen LogP contribution in [0.2, 0.25) is 0 Å². The smallest absolute Gasteiger partial charge is 0.127 e. The van der Waals surface area contributed by atoms with Crippen molar-refractivity contribution in [3.05, 3.63) is 29.6 Å². The highest BCUT2D eigenvalue weighted by molar-refractivity contribution is 6.20. The van der Waals surface area contributed by atoms with Gasteiger partial charge in [0, 0.05) is 6.54 Å². The third-order valence-corrected chi connectivity index (χ3v) is 3.35. The van der Waals surface area contributed by atoms with Crippen molar-refractivity contribution in [1.82, 2.24) is 9.55 Å². The molecular formula is C15H21ClN2. The highest BCUT2D eigenvalue weighted by Crippen LogP contribution is 2.26. The van der Waals surface area contributed by atoms with Crippen LogP contribution in [-0.4, -0.2) is 9.55 Å². The van der Waals surface area contributed by atoms with Gasteiger partial charge in [-0.1, -0.05) is 26.8 Å². The number of imidazole rings is 1. The van der Waals surface area contributed by atoms with Gasteiger partial charge >= 0.3 is 0 Å². The zero-order valence-corrected chi connectivity index (χ0v) is 12.3. The van der Waals surface area contributed by atoms with Crippen LogP contribution < -0.4 is 0 Å². The third kappa shape index (κ3) is 2.54. The summed E-state index contributed by atoms with van der Waals surface area (Å²) in [6, 6.07) is 6.53. The predicted octanol–water partition coefficient (Wildman–Crippen LogP) is 4.55. The van der Waals surface area contributed by atoms with E-state index in [4.69, 9.17) is 16.6 Å². The Balaban J connectivity index is 2.59. The first-order chi connectivity index (χ1) is 8.52. The number of alkyl halides is 1. The van der Waals surface area contributed by atoms with E-state index in [0.29, 0.717) is 5.92 Å². The Bertz CT molecular complexity index is 541. The van der Waals surface area contributed by atoms with Gasteiger partial charge in [0.1, 0.15) is 5.82 Å². The van der Waals surface area contributed by atoms with Crippen LogP contribution in [0, 0.1) is 5.92 Å². The highest BCUT2D eigenvalue weighted by atomic mass is 35.5. The maximum Gasteiger partial charge on any atom is 0.127 e. The lowest BCUT2D eigenvalue weighted by atomic mass is 10.1. The van der Waals surface area contributed by atoms with E-state index in [1.54, 1.807) is 0 Å². The first-order valence-electron chi connectivity index (χ1n) is 6.66. The number of hydrogen-bond donors (Lipinski definition) is 0. The van der Waals surface area contributed by atoms with Gasteiger partial charge < -0.3 is 4.57 Å². The second kappa shape index (κ2) is 5.31. The Morgan fingerprint density at radius 2 is 2.00 bits per heavy atom. The Labute approximate surface area is 114 Å². The minimum Gasteiger partial charge on any atom is -0.326 e. The van der Waals surface area contributed by atoms with Gasteiger partial charge in [-0.2, -0.15) is 0 Å². The summed E-state index contributed by atoms with van der Waals surface area (Å²) in [7, 11) is 0. The minimum absolute atomic E-state index is 0.0544. The van der Waals surface area contributed by atoms with Gasteiger partial charge in [0.15, 0.2) is 0 Å². The van der Waals surface area contributed by atoms with Gasteiger partial charge in [-0.05, 0) is 37.0 Å². The molecule has 0 N–H and O–H groups in total. The molecule has 0 fully saturated rings. The Morgan fingerprint density at radius 1 is 1.28 bits per heavy atom. The number of hydrogen-bond acceptors (Lipinski definition) is 1. The van der Waals surface area contributed by atoms with Crippen molar-refractivity contribution in [2.75, 3.05) is 0 Å². The SMILES string of the molecule is CCc1ccc2c(c1)nc(C(C)Cl)n2CC(C)C. The number of aromatic nitrogens is 2. The number of halogens is 1. The zero-order valence-electron chi connectivity index (χ0n) is 11.6. The summed E-state index contributed by atoms with van der Waals surface area (Å²) in [5.74, 6) is 1.57. The van der Waals surface area contributed by atoms with Crippen LogP contribution >= 0.6 is 11.6 Å². The molecule has 2 rings (SSSR count). The molecule has 1 aromatic heterocycles. The van der Waals surface area contributed by atoms with Crippen molar-refractivity contribution in [1.29, 1.82) is 0 Å². The first-order valence-corrected chi connectivity index (χ1v) is 7.09. The molecule has 1 atom stereocenters. The second-order valence-electron chi connectivity index (χ2n) is 5.27. The van der Waals surface area contributed by atoms with Crippen molar-refractivity contribution in [3.63, 3.8) is 0 Å². The lowest BCUT2D eigenvalue weighted by molar-refractivity contribution is 0.517. The lowest BCUT2D eigenvalue weighted by Gasteiger charge is -2.12. The minimum atomic E-state index is -0.0544. The van der Waals surface area contributed by atoms with Crippen LogP contribution in [0.5, 0.6) is 0 Å². The molecule has 1 heterocycles. The average Bonchev–Trinajstić information content (AvgIpc) is 2.66. The standard InChI is InChI=1S/C15H21ClN2/c1-5-12-6-7-14-13(8-12)17-15(11(4)16)18(14)9-10(2)3/h6-8,10-11H,5,9H2,1-4H3. The molecule has 1 unspecified atom stereocenters. The fraction of sp³-hybridized carbons (Fsp3) is 0.533. The fourth-order valence-corrected chi connectivity index (χ4v) is 2.44. The van der Waals surface area contributed by atoms with E-state index in [1.165, 1.54) is 11.1 Å². The molecule has 0 aliphatic rings. The van der Waals surface area contributed by atoms with Crippen LogP contribution in [0.1, 0.15) is 44.5 Å². The normalized spacial score (nSPS) is 13.4. The quantitative estimate of drug-likeness (QED) is 0.741. The Kier molecular flexibility index (Phi) is 3.96. The maximum atomic E-state index is 6.25. The van der Waals surface area contributed by atoms with Gasteiger partial charge in [0.25, 0.3) is 0 Å². The summed E-state index contributed by atoms with van der Waals surface area (Å²) < 4.78 is 2.26. The van der Waals surface area contributed by atoms with Crippen molar-refractivity contribution in [2.45, 2.75) is 46.0 Å². The molecule has 0 aliphatic carbocycles. The Hall–Kier alpha value is -1.02. The fourth-order valence-electron chi connectivity index (χ4n) is 2.27. The van der Waals surface area contributed by atoms with Gasteiger partial charge in [0.2, 0.25) is 0 Å². The van der Waals surface area contributed by atoms with Crippen LogP contribution in [0.3, 0.4) is 0 Å². The van der Waals surface area contributed by atoms with E-state index in [1.807, 2.05) is 6.92 Å². The topological polar surface area (TPSA) is 17.8 Å². The molecule has 0 amide bonds. The monoisotopic (exact) mass is 264 g/mol. The lowest BCUT2D eigenvalue weighted by Crippen LogP contribution is -2.09. The molecule has 0 saturated heterocycles. The molecule has 0 bridgehead atoms. The summed E-state index contributed by atoms with van der Waals surface area (Å²) in [6.07, 6.45) is 1.04. The molecule has 2 nitrogen and oxygen atoms in total. The van der Waals surface area contributed by atoms with Crippen LogP contribution in [0.25, 0.3) is 11.0 Å². The van der Waals surface area contributed by atoms with E-state index in [2.05, 4.69) is 43.5 Å². The summed E-state index contributed by atoms with van der Waals surface area (Å²) in [4.78, 5) is 4.70. The van der Waals surface area contributed by atoms with Gasteiger partial charge in [-0.15, -0.1) is 11.6 Å². The number of benzene rings is 1. The average molecular weight is 265 g/mol. The summed E-state index contributed by atoms with van der Waals surface area (Å²) >= 11 is 6.25. The molecule has 98 valence electrons. The molecule has 0 spiro atoms. The second-order valence-corrected chi connectivity index (χ2v) is 5.92. The number of aryl methyl sites for hydroxylation is 1. The van der Waals surface area contributed by atoms with E-state index in [0.717, 1.165) is 24.3 Å². The Morgan fingerprint density at radius 3 is 2.56 bits per heavy atom. The number of rotatable bonds is 4. The van der Waals surface area contributed by atoms with Crippen LogP contribution in [0.15, 0.2) is 18.2 Å². The van der Waals surface area contributed by atoms with Crippen LogP contribution in [-0.2, 0) is 13.0 Å². The van der Waals surface area contributed by atoms with E-state index in [9.17, 15) is 0 Å². The predicted molar refractivity (Wildman–Crippen MR) is 78.2 cm³/mol. The summed E-state index contributed by atoms with van der Waals surface area (Å²) in [5, 5.41) is -0.0544. The zero-order chi connectivity index (χ0) is 13.3. The molecule has 18 heavy (non-hydrogen) atoms. The van der Waals surface area contributed by atoms with Gasteiger partial charge in [-0.3, -0.25) is 0 Å². The van der Waals surface area contributed by atoms with E-state index in [-0.39, 0.29) is 5.38 Å². The highest BCUT2D eigenvalue weighted by Gasteiger charge is 2.15. The van der Waals surface area contributed by atoms with Crippen molar-refractivity contribution in [2.24, 2.45) is 5.92 Å². The molecule has 0 aliphatic heterocycles. The largest absolute Gasteiger partial charge is 0.326 e. The van der Waals surface area contributed by atoms with Crippen molar-refractivity contribution < 1.29 is 0 Å². The molecule has 1 aromatic carbocycles.